The molecule has 1 nitrogen and oxygen atoms in total. The topological polar surface area (TPSA) is 12.9 Å². The van der Waals surface area contributed by atoms with Crippen LogP contribution in [0.5, 0.6) is 0 Å². The Hall–Kier alpha value is -2.48. The highest BCUT2D eigenvalue weighted by Crippen LogP contribution is 2.25. The maximum atomic E-state index is 14.4. The molecule has 3 aromatic rings. The minimum Gasteiger partial charge on any atom is -0.219 e. The summed E-state index contributed by atoms with van der Waals surface area (Å²) >= 11 is 0. The maximum Gasteiger partial charge on any atom is 0.216 e. The molecule has 1 heterocycles. The van der Waals surface area contributed by atoms with Gasteiger partial charge in [0.1, 0.15) is 0 Å². The van der Waals surface area contributed by atoms with Crippen LogP contribution in [0, 0.1) is 5.95 Å². The summed E-state index contributed by atoms with van der Waals surface area (Å²) in [5, 5.41) is 0. The molecule has 2 heteroatoms. The first kappa shape index (κ1) is 24.2. The van der Waals surface area contributed by atoms with Crippen molar-refractivity contribution in [2.75, 3.05) is 0 Å². The van der Waals surface area contributed by atoms with E-state index >= 15 is 0 Å². The Morgan fingerprint density at radius 2 is 1.09 bits per heavy atom. The van der Waals surface area contributed by atoms with Crippen LogP contribution in [0.25, 0.3) is 22.4 Å². The SMILES string of the molecule is CCCCCCCCc1ccc(-c2ccc(-c3ccc(CCCCC)c(F)n3)cc2)cc1. The van der Waals surface area contributed by atoms with Gasteiger partial charge in [-0.05, 0) is 48.4 Å². The summed E-state index contributed by atoms with van der Waals surface area (Å²) in [6, 6.07) is 21.1. The summed E-state index contributed by atoms with van der Waals surface area (Å²) in [4.78, 5) is 4.22. The summed E-state index contributed by atoms with van der Waals surface area (Å²) < 4.78 is 14.4. The molecule has 0 aliphatic heterocycles. The summed E-state index contributed by atoms with van der Waals surface area (Å²) in [5.41, 5.74) is 6.18. The van der Waals surface area contributed by atoms with Gasteiger partial charge in [0.25, 0.3) is 0 Å². The van der Waals surface area contributed by atoms with Crippen molar-refractivity contribution in [3.05, 3.63) is 77.7 Å². The van der Waals surface area contributed by atoms with E-state index in [0.717, 1.165) is 43.2 Å². The zero-order valence-corrected chi connectivity index (χ0v) is 19.9. The molecule has 3 rings (SSSR count). The third-order valence-electron chi connectivity index (χ3n) is 6.26. The van der Waals surface area contributed by atoms with Crippen molar-refractivity contribution in [3.63, 3.8) is 0 Å². The molecule has 0 aliphatic carbocycles. The Morgan fingerprint density at radius 1 is 0.562 bits per heavy atom. The van der Waals surface area contributed by atoms with E-state index in [2.05, 4.69) is 55.2 Å². The first-order chi connectivity index (χ1) is 15.7. The minimum atomic E-state index is -0.330. The molecule has 0 saturated carbocycles. The van der Waals surface area contributed by atoms with Gasteiger partial charge < -0.3 is 0 Å². The van der Waals surface area contributed by atoms with E-state index < -0.39 is 0 Å². The fourth-order valence-electron chi connectivity index (χ4n) is 4.18. The van der Waals surface area contributed by atoms with Gasteiger partial charge in [-0.25, -0.2) is 4.98 Å². The molecule has 170 valence electrons. The van der Waals surface area contributed by atoms with Gasteiger partial charge in [0.2, 0.25) is 5.95 Å². The molecule has 0 atom stereocenters. The molecule has 0 fully saturated rings. The molecule has 0 bridgehead atoms. The molecule has 0 spiro atoms. The van der Waals surface area contributed by atoms with Crippen molar-refractivity contribution in [2.24, 2.45) is 0 Å². The monoisotopic (exact) mass is 431 g/mol. The highest BCUT2D eigenvalue weighted by molar-refractivity contribution is 5.69. The standard InChI is InChI=1S/C30H38FN/c1-3-5-7-8-9-11-12-24-14-16-25(17-15-24)26-18-20-27(21-19-26)29-23-22-28(30(31)32-29)13-10-6-4-2/h14-23H,3-13H2,1-2H3. The number of aryl methyl sites for hydroxylation is 2. The van der Waals surface area contributed by atoms with Gasteiger partial charge in [-0.2, -0.15) is 4.39 Å². The maximum absolute atomic E-state index is 14.4. The second kappa shape index (κ2) is 13.2. The molecule has 2 aromatic carbocycles. The van der Waals surface area contributed by atoms with Crippen LogP contribution < -0.4 is 0 Å². The van der Waals surface area contributed by atoms with Crippen molar-refractivity contribution < 1.29 is 4.39 Å². The van der Waals surface area contributed by atoms with Gasteiger partial charge in [0.15, 0.2) is 0 Å². The van der Waals surface area contributed by atoms with Crippen molar-refractivity contribution in [1.29, 1.82) is 0 Å². The van der Waals surface area contributed by atoms with E-state index in [1.165, 1.54) is 55.2 Å². The number of pyridine rings is 1. The van der Waals surface area contributed by atoms with Gasteiger partial charge in [-0.1, -0.05) is 113 Å². The zero-order valence-electron chi connectivity index (χ0n) is 19.9. The second-order valence-electron chi connectivity index (χ2n) is 8.90. The Kier molecular flexibility index (Phi) is 9.94. The number of aromatic nitrogens is 1. The fourth-order valence-corrected chi connectivity index (χ4v) is 4.18. The van der Waals surface area contributed by atoms with E-state index in [-0.39, 0.29) is 5.95 Å². The molecule has 0 N–H and O–H groups in total. The molecule has 0 radical (unpaired) electrons. The van der Waals surface area contributed by atoms with E-state index in [4.69, 9.17) is 0 Å². The van der Waals surface area contributed by atoms with E-state index in [1.807, 2.05) is 24.3 Å². The normalized spacial score (nSPS) is 11.1. The highest BCUT2D eigenvalue weighted by Gasteiger charge is 2.08. The zero-order chi connectivity index (χ0) is 22.6. The van der Waals surface area contributed by atoms with Crippen LogP contribution in [-0.4, -0.2) is 4.98 Å². The van der Waals surface area contributed by atoms with Gasteiger partial charge in [-0.3, -0.25) is 0 Å². The molecular weight excluding hydrogens is 393 g/mol. The average molecular weight is 432 g/mol. The average Bonchev–Trinajstić information content (AvgIpc) is 2.83. The molecule has 0 saturated heterocycles. The molecule has 0 amide bonds. The predicted octanol–water partition coefficient (Wildman–Crippen LogP) is 9.19. The van der Waals surface area contributed by atoms with Crippen LogP contribution in [-0.2, 0) is 12.8 Å². The molecular formula is C30H38FN. The Morgan fingerprint density at radius 3 is 1.75 bits per heavy atom. The van der Waals surface area contributed by atoms with Gasteiger partial charge in [-0.15, -0.1) is 0 Å². The van der Waals surface area contributed by atoms with Gasteiger partial charge in [0.05, 0.1) is 5.69 Å². The van der Waals surface area contributed by atoms with Crippen molar-refractivity contribution in [2.45, 2.75) is 84.5 Å². The number of hydrogen-bond donors (Lipinski definition) is 0. The Labute approximate surface area is 194 Å². The largest absolute Gasteiger partial charge is 0.219 e. The third kappa shape index (κ3) is 7.29. The second-order valence-corrected chi connectivity index (χ2v) is 8.90. The first-order valence-electron chi connectivity index (χ1n) is 12.6. The third-order valence-corrected chi connectivity index (χ3v) is 6.26. The lowest BCUT2D eigenvalue weighted by molar-refractivity contribution is 0.560. The van der Waals surface area contributed by atoms with Crippen LogP contribution in [0.3, 0.4) is 0 Å². The highest BCUT2D eigenvalue weighted by atomic mass is 19.1. The quantitative estimate of drug-likeness (QED) is 0.194. The van der Waals surface area contributed by atoms with Crippen LogP contribution >= 0.6 is 0 Å². The number of benzene rings is 2. The Bertz CT molecular complexity index is 928. The number of nitrogens with zero attached hydrogens (tertiary/aromatic N) is 1. The molecule has 0 unspecified atom stereocenters. The van der Waals surface area contributed by atoms with Crippen LogP contribution in [0.4, 0.5) is 4.39 Å². The van der Waals surface area contributed by atoms with E-state index in [1.54, 1.807) is 0 Å². The summed E-state index contributed by atoms with van der Waals surface area (Å²) in [5.74, 6) is -0.330. The van der Waals surface area contributed by atoms with Crippen molar-refractivity contribution in [1.82, 2.24) is 4.98 Å². The molecule has 0 aliphatic rings. The lowest BCUT2D eigenvalue weighted by Crippen LogP contribution is -1.96. The summed E-state index contributed by atoms with van der Waals surface area (Å²) in [7, 11) is 0. The first-order valence-corrected chi connectivity index (χ1v) is 12.6. The van der Waals surface area contributed by atoms with Crippen LogP contribution in [0.2, 0.25) is 0 Å². The Balaban J connectivity index is 1.56. The molecule has 32 heavy (non-hydrogen) atoms. The smallest absolute Gasteiger partial charge is 0.216 e. The minimum absolute atomic E-state index is 0.330. The number of hydrogen-bond acceptors (Lipinski definition) is 1. The number of halogens is 1. The van der Waals surface area contributed by atoms with Crippen molar-refractivity contribution in [3.8, 4) is 22.4 Å². The van der Waals surface area contributed by atoms with E-state index in [0.29, 0.717) is 5.69 Å². The number of rotatable bonds is 13. The fraction of sp³-hybridized carbons (Fsp3) is 0.433. The van der Waals surface area contributed by atoms with Crippen LogP contribution in [0.1, 0.15) is 82.8 Å². The predicted molar refractivity (Wildman–Crippen MR) is 135 cm³/mol. The lowest BCUT2D eigenvalue weighted by Gasteiger charge is -2.08. The van der Waals surface area contributed by atoms with Crippen molar-refractivity contribution >= 4 is 0 Å². The van der Waals surface area contributed by atoms with E-state index in [9.17, 15) is 4.39 Å². The lowest BCUT2D eigenvalue weighted by atomic mass is 9.99. The van der Waals surface area contributed by atoms with Gasteiger partial charge >= 0.3 is 0 Å². The summed E-state index contributed by atoms with van der Waals surface area (Å²) in [6.45, 7) is 4.42. The van der Waals surface area contributed by atoms with Crippen LogP contribution in [0.15, 0.2) is 60.7 Å². The number of unbranched alkanes of at least 4 members (excludes halogenated alkanes) is 7. The summed E-state index contributed by atoms with van der Waals surface area (Å²) in [6.07, 6.45) is 13.2. The van der Waals surface area contributed by atoms with Gasteiger partial charge in [0, 0.05) is 11.1 Å². The molecule has 1 aromatic heterocycles.